The summed E-state index contributed by atoms with van der Waals surface area (Å²) in [5.74, 6) is 2.36. The second-order valence-electron chi connectivity index (χ2n) is 6.78. The summed E-state index contributed by atoms with van der Waals surface area (Å²) in [7, 11) is -1.55. The minimum absolute atomic E-state index is 0.505. The largest absolute Gasteiger partial charge is 0.414 e. The molecule has 18 heavy (non-hydrogen) atoms. The fraction of sp³-hybridized carbons (Fsp3) is 0.875. The molecule has 1 unspecified atom stereocenters. The van der Waals surface area contributed by atoms with E-state index < -0.39 is 8.32 Å². The van der Waals surface area contributed by atoms with Gasteiger partial charge in [0.15, 0.2) is 8.32 Å². The van der Waals surface area contributed by atoms with Crippen LogP contribution in [0.1, 0.15) is 47.0 Å². The number of hydrogen-bond acceptors (Lipinski definition) is 1. The highest BCUT2D eigenvalue weighted by Crippen LogP contribution is 2.37. The maximum Gasteiger partial charge on any atom is 0.193 e. The molecule has 106 valence electrons. The fourth-order valence-corrected chi connectivity index (χ4v) is 5.36. The van der Waals surface area contributed by atoms with Crippen molar-refractivity contribution in [2.45, 2.75) is 71.7 Å². The maximum atomic E-state index is 6.68. The average molecular weight is 269 g/mol. The molecule has 0 aliphatic heterocycles. The smallest absolute Gasteiger partial charge is 0.193 e. The molecule has 0 heterocycles. The van der Waals surface area contributed by atoms with Gasteiger partial charge < -0.3 is 4.43 Å². The quantitative estimate of drug-likeness (QED) is 0.472. The highest BCUT2D eigenvalue weighted by Gasteiger charge is 2.36. The van der Waals surface area contributed by atoms with Gasteiger partial charge in [0.1, 0.15) is 0 Å². The van der Waals surface area contributed by atoms with E-state index in [1.54, 1.807) is 0 Å². The third-order valence-corrected chi connectivity index (χ3v) is 8.24. The third kappa shape index (κ3) is 4.24. The summed E-state index contributed by atoms with van der Waals surface area (Å²) >= 11 is 0. The van der Waals surface area contributed by atoms with Gasteiger partial charge in [-0.3, -0.25) is 0 Å². The van der Waals surface area contributed by atoms with Gasteiger partial charge >= 0.3 is 0 Å². The molecular weight excluding hydrogens is 236 g/mol. The highest BCUT2D eigenvalue weighted by molar-refractivity contribution is 6.72. The van der Waals surface area contributed by atoms with Crippen LogP contribution in [0, 0.1) is 17.8 Å². The van der Waals surface area contributed by atoms with Crippen LogP contribution in [0.25, 0.3) is 0 Å². The Labute approximate surface area is 115 Å². The van der Waals surface area contributed by atoms with Crippen LogP contribution in [0.5, 0.6) is 0 Å². The molecule has 0 spiro atoms. The molecule has 0 saturated heterocycles. The van der Waals surface area contributed by atoms with Gasteiger partial charge in [0.2, 0.25) is 0 Å². The van der Waals surface area contributed by atoms with E-state index in [9.17, 15) is 0 Å². The van der Waals surface area contributed by atoms with E-state index in [2.05, 4.69) is 46.9 Å². The minimum Gasteiger partial charge on any atom is -0.414 e. The molecule has 0 radical (unpaired) electrons. The first kappa shape index (κ1) is 16.0. The van der Waals surface area contributed by atoms with Gasteiger partial charge in [0, 0.05) is 6.10 Å². The van der Waals surface area contributed by atoms with Crippen molar-refractivity contribution in [3.05, 3.63) is 12.7 Å². The van der Waals surface area contributed by atoms with Crippen molar-refractivity contribution >= 4 is 8.32 Å². The molecular formula is C16H32OSi. The lowest BCUT2D eigenvalue weighted by atomic mass is 9.75. The van der Waals surface area contributed by atoms with Crippen molar-refractivity contribution in [2.24, 2.45) is 17.8 Å². The van der Waals surface area contributed by atoms with Crippen LogP contribution in [0.3, 0.4) is 0 Å². The Morgan fingerprint density at radius 3 is 2.56 bits per heavy atom. The average Bonchev–Trinajstić information content (AvgIpc) is 2.29. The summed E-state index contributed by atoms with van der Waals surface area (Å²) in [5.41, 5.74) is 0. The zero-order chi connectivity index (χ0) is 13.8. The first-order chi connectivity index (χ1) is 8.41. The predicted molar refractivity (Wildman–Crippen MR) is 83.3 cm³/mol. The molecule has 0 aromatic heterocycles. The van der Waals surface area contributed by atoms with Crippen molar-refractivity contribution in [3.63, 3.8) is 0 Å². The second kappa shape index (κ2) is 6.90. The van der Waals surface area contributed by atoms with Gasteiger partial charge in [-0.1, -0.05) is 40.2 Å². The van der Waals surface area contributed by atoms with Crippen molar-refractivity contribution in [1.29, 1.82) is 0 Å². The van der Waals surface area contributed by atoms with Crippen LogP contribution >= 0.6 is 0 Å². The van der Waals surface area contributed by atoms with E-state index in [1.807, 2.05) is 0 Å². The molecule has 1 aliphatic carbocycles. The van der Waals surface area contributed by atoms with Gasteiger partial charge in [0.05, 0.1) is 0 Å². The normalized spacial score (nSPS) is 32.2. The summed E-state index contributed by atoms with van der Waals surface area (Å²) in [6.07, 6.45) is 6.57. The topological polar surface area (TPSA) is 9.23 Å². The Bertz CT molecular complexity index is 264. The molecule has 1 fully saturated rings. The van der Waals surface area contributed by atoms with Crippen LogP contribution < -0.4 is 0 Å². The number of allylic oxidation sites excluding steroid dienone is 1. The molecule has 1 rings (SSSR count). The van der Waals surface area contributed by atoms with Crippen LogP contribution in [0.2, 0.25) is 18.6 Å². The molecule has 0 N–H and O–H groups in total. The molecule has 1 nitrogen and oxygen atoms in total. The predicted octanol–water partition coefficient (Wildman–Crippen LogP) is 5.25. The van der Waals surface area contributed by atoms with Gasteiger partial charge in [-0.15, -0.1) is 6.58 Å². The Morgan fingerprint density at radius 2 is 2.06 bits per heavy atom. The van der Waals surface area contributed by atoms with E-state index in [0.29, 0.717) is 6.10 Å². The summed E-state index contributed by atoms with van der Waals surface area (Å²) in [6.45, 7) is 15.7. The Hall–Kier alpha value is -0.0831. The van der Waals surface area contributed by atoms with Crippen LogP contribution in [0.4, 0.5) is 0 Å². The highest BCUT2D eigenvalue weighted by atomic mass is 28.4. The van der Waals surface area contributed by atoms with Gasteiger partial charge in [-0.2, -0.15) is 0 Å². The van der Waals surface area contributed by atoms with E-state index in [4.69, 9.17) is 4.43 Å². The van der Waals surface area contributed by atoms with E-state index in [1.165, 1.54) is 25.3 Å². The van der Waals surface area contributed by atoms with Crippen molar-refractivity contribution in [2.75, 3.05) is 0 Å². The Kier molecular flexibility index (Phi) is 6.13. The zero-order valence-electron chi connectivity index (χ0n) is 13.0. The van der Waals surface area contributed by atoms with Gasteiger partial charge in [-0.25, -0.2) is 0 Å². The van der Waals surface area contributed by atoms with Crippen LogP contribution in [-0.4, -0.2) is 14.4 Å². The maximum absolute atomic E-state index is 6.68. The summed E-state index contributed by atoms with van der Waals surface area (Å²) < 4.78 is 6.68. The SMILES string of the molecule is C=CC[Si](C)(CC)O[C@H]1C[C@@H](C)CC[C@@H]1C(C)C. The monoisotopic (exact) mass is 268 g/mol. The molecule has 1 saturated carbocycles. The van der Waals surface area contributed by atoms with Crippen molar-refractivity contribution in [3.8, 4) is 0 Å². The zero-order valence-corrected chi connectivity index (χ0v) is 14.0. The Balaban J connectivity index is 2.72. The third-order valence-electron chi connectivity index (χ3n) is 4.72. The second-order valence-corrected chi connectivity index (χ2v) is 11.0. The van der Waals surface area contributed by atoms with Crippen LogP contribution in [-0.2, 0) is 4.43 Å². The molecule has 0 amide bonds. The molecule has 4 atom stereocenters. The summed E-state index contributed by atoms with van der Waals surface area (Å²) in [4.78, 5) is 0. The number of rotatable bonds is 6. The summed E-state index contributed by atoms with van der Waals surface area (Å²) in [5, 5.41) is 0. The summed E-state index contributed by atoms with van der Waals surface area (Å²) in [6, 6.07) is 2.30. The lowest BCUT2D eigenvalue weighted by Crippen LogP contribution is -2.44. The molecule has 2 heteroatoms. The molecule has 0 aromatic rings. The van der Waals surface area contributed by atoms with Gasteiger partial charge in [-0.05, 0) is 49.2 Å². The standard InChI is InChI=1S/C16H32OSi/c1-7-11-18(6,8-2)17-16-12-14(5)9-10-15(16)13(3)4/h7,13-16H,1,8-12H2,2-6H3/t14-,15+,16-,18?/m0/s1. The minimum atomic E-state index is -1.55. The van der Waals surface area contributed by atoms with E-state index in [-0.39, 0.29) is 0 Å². The van der Waals surface area contributed by atoms with Crippen LogP contribution in [0.15, 0.2) is 12.7 Å². The van der Waals surface area contributed by atoms with Gasteiger partial charge in [0.25, 0.3) is 0 Å². The Morgan fingerprint density at radius 1 is 1.39 bits per heavy atom. The van der Waals surface area contributed by atoms with E-state index in [0.717, 1.165) is 23.8 Å². The molecule has 0 bridgehead atoms. The lowest BCUT2D eigenvalue weighted by Gasteiger charge is -2.42. The van der Waals surface area contributed by atoms with Crippen molar-refractivity contribution < 1.29 is 4.43 Å². The molecule has 1 aliphatic rings. The van der Waals surface area contributed by atoms with Crippen molar-refractivity contribution in [1.82, 2.24) is 0 Å². The lowest BCUT2D eigenvalue weighted by molar-refractivity contribution is 0.0387. The first-order valence-electron chi connectivity index (χ1n) is 7.70. The number of hydrogen-bond donors (Lipinski definition) is 0. The first-order valence-corrected chi connectivity index (χ1v) is 10.5. The fourth-order valence-electron chi connectivity index (χ4n) is 3.20. The molecule has 0 aromatic carbocycles. The van der Waals surface area contributed by atoms with E-state index >= 15 is 0 Å².